The van der Waals surface area contributed by atoms with Crippen molar-refractivity contribution in [2.45, 2.75) is 10.1 Å². The highest BCUT2D eigenvalue weighted by Gasteiger charge is 2.00. The van der Waals surface area contributed by atoms with Crippen molar-refractivity contribution >= 4 is 57.3 Å². The van der Waals surface area contributed by atoms with Crippen LogP contribution in [0.4, 0.5) is 5.69 Å². The van der Waals surface area contributed by atoms with Gasteiger partial charge in [-0.15, -0.1) is 0 Å². The second-order valence-electron chi connectivity index (χ2n) is 4.76. The number of benzene rings is 2. The molecule has 2 aromatic carbocycles. The summed E-state index contributed by atoms with van der Waals surface area (Å²) in [5.41, 5.74) is 2.50. The van der Waals surface area contributed by atoms with Crippen LogP contribution >= 0.6 is 39.6 Å². The van der Waals surface area contributed by atoms with Crippen molar-refractivity contribution in [2.24, 2.45) is 9.39 Å². The van der Waals surface area contributed by atoms with Crippen LogP contribution < -0.4 is 4.74 Å². The third-order valence-corrected chi connectivity index (χ3v) is 4.65. The molecule has 1 aromatic heterocycles. The minimum Gasteiger partial charge on any atom is -0.445 e. The van der Waals surface area contributed by atoms with E-state index in [1.807, 2.05) is 54.6 Å². The van der Waals surface area contributed by atoms with Gasteiger partial charge in [0.15, 0.2) is 11.6 Å². The molecule has 130 valence electrons. The van der Waals surface area contributed by atoms with E-state index >= 15 is 0 Å². The van der Waals surface area contributed by atoms with Gasteiger partial charge in [-0.25, -0.2) is 15.0 Å². The average Bonchev–Trinajstić information content (AvgIpc) is 2.68. The van der Waals surface area contributed by atoms with Gasteiger partial charge >= 0.3 is 0 Å². The number of halogens is 1. The number of nitrogens with zero attached hydrogens (tertiary/aromatic N) is 4. The lowest BCUT2D eigenvalue weighted by atomic mass is 10.3. The fraction of sp³-hybridized carbons (Fsp3) is 0. The van der Waals surface area contributed by atoms with E-state index in [0.29, 0.717) is 5.16 Å². The van der Waals surface area contributed by atoms with Crippen LogP contribution in [0.1, 0.15) is 0 Å². The summed E-state index contributed by atoms with van der Waals surface area (Å²) in [6.07, 6.45) is 4.85. The molecule has 3 aromatic rings. The van der Waals surface area contributed by atoms with E-state index in [0.717, 1.165) is 20.8 Å². The molecule has 0 N–H and O–H groups in total. The molecule has 0 saturated carbocycles. The normalized spacial score (nSPS) is 11.3. The molecule has 0 unspecified atom stereocenters. The SMILES string of the molecule is Brc1cnc(Sc2ccc(/N=C/S/N=C/Oc3ccccc3)cc2)nc1. The van der Waals surface area contributed by atoms with Gasteiger partial charge in [0.2, 0.25) is 0 Å². The van der Waals surface area contributed by atoms with Crippen LogP contribution in [0, 0.1) is 0 Å². The summed E-state index contributed by atoms with van der Waals surface area (Å²) < 4.78 is 10.3. The van der Waals surface area contributed by atoms with Gasteiger partial charge in [0.1, 0.15) is 5.75 Å². The van der Waals surface area contributed by atoms with E-state index in [-0.39, 0.29) is 0 Å². The molecule has 0 bridgehead atoms. The molecule has 0 radical (unpaired) electrons. The van der Waals surface area contributed by atoms with Crippen LogP contribution in [0.3, 0.4) is 0 Å². The van der Waals surface area contributed by atoms with Crippen LogP contribution in [0.15, 0.2) is 90.9 Å². The Labute approximate surface area is 168 Å². The Kier molecular flexibility index (Phi) is 7.24. The first kappa shape index (κ1) is 18.6. The van der Waals surface area contributed by atoms with Gasteiger partial charge in [0, 0.05) is 29.2 Å². The summed E-state index contributed by atoms with van der Waals surface area (Å²) in [7, 11) is 0. The van der Waals surface area contributed by atoms with Crippen LogP contribution in [0.5, 0.6) is 5.75 Å². The first-order valence-corrected chi connectivity index (χ1v) is 9.91. The standard InChI is InChI=1S/C18H13BrN4OS2/c19-14-10-20-18(21-11-14)26-17-8-6-15(7-9-17)22-13-25-23-12-24-16-4-2-1-3-5-16/h1-13H/b22-13+,23-12+. The van der Waals surface area contributed by atoms with E-state index in [2.05, 4.69) is 35.3 Å². The Hall–Kier alpha value is -2.16. The van der Waals surface area contributed by atoms with Crippen molar-refractivity contribution in [1.82, 2.24) is 9.97 Å². The lowest BCUT2D eigenvalue weighted by Crippen LogP contribution is -1.87. The zero-order valence-corrected chi connectivity index (χ0v) is 16.6. The van der Waals surface area contributed by atoms with Crippen LogP contribution in [-0.4, -0.2) is 21.9 Å². The number of aromatic nitrogens is 2. The number of para-hydroxylation sites is 1. The number of aliphatic imine (C=N–C) groups is 1. The lowest BCUT2D eigenvalue weighted by molar-refractivity contribution is 0.576. The fourth-order valence-electron chi connectivity index (χ4n) is 1.78. The van der Waals surface area contributed by atoms with Gasteiger partial charge < -0.3 is 4.74 Å². The summed E-state index contributed by atoms with van der Waals surface area (Å²) in [4.78, 5) is 13.9. The maximum absolute atomic E-state index is 5.35. The van der Waals surface area contributed by atoms with E-state index in [9.17, 15) is 0 Å². The maximum atomic E-state index is 5.35. The molecule has 5 nitrogen and oxygen atoms in total. The van der Waals surface area contributed by atoms with Crippen molar-refractivity contribution < 1.29 is 4.74 Å². The molecule has 0 saturated heterocycles. The van der Waals surface area contributed by atoms with Crippen molar-refractivity contribution in [2.75, 3.05) is 0 Å². The first-order valence-electron chi connectivity index (χ1n) is 7.47. The quantitative estimate of drug-likeness (QED) is 0.199. The topological polar surface area (TPSA) is 59.7 Å². The predicted octanol–water partition coefficient (Wildman–Crippen LogP) is 5.81. The summed E-state index contributed by atoms with van der Waals surface area (Å²) in [5.74, 6) is 0.747. The monoisotopic (exact) mass is 444 g/mol. The largest absolute Gasteiger partial charge is 0.445 e. The molecular weight excluding hydrogens is 432 g/mol. The highest BCUT2D eigenvalue weighted by Crippen LogP contribution is 2.26. The number of hydrogen-bond acceptors (Lipinski definition) is 7. The van der Waals surface area contributed by atoms with Crippen LogP contribution in [-0.2, 0) is 0 Å². The second kappa shape index (κ2) is 10.1. The van der Waals surface area contributed by atoms with Gasteiger partial charge in [-0.3, -0.25) is 0 Å². The lowest BCUT2D eigenvalue weighted by Gasteiger charge is -2.00. The molecular formula is C18H13BrN4OS2. The maximum Gasteiger partial charge on any atom is 0.192 e. The van der Waals surface area contributed by atoms with Crippen LogP contribution in [0.2, 0.25) is 0 Å². The Morgan fingerprint density at radius 3 is 2.42 bits per heavy atom. The van der Waals surface area contributed by atoms with Crippen molar-refractivity contribution in [3.63, 3.8) is 0 Å². The highest BCUT2D eigenvalue weighted by molar-refractivity contribution is 9.10. The van der Waals surface area contributed by atoms with Crippen LogP contribution in [0.25, 0.3) is 0 Å². The molecule has 26 heavy (non-hydrogen) atoms. The van der Waals surface area contributed by atoms with Gasteiger partial charge in [-0.05, 0) is 64.1 Å². The molecule has 0 fully saturated rings. The van der Waals surface area contributed by atoms with E-state index in [1.54, 1.807) is 17.9 Å². The van der Waals surface area contributed by atoms with Crippen molar-refractivity contribution in [3.05, 3.63) is 71.5 Å². The highest BCUT2D eigenvalue weighted by atomic mass is 79.9. The Balaban J connectivity index is 1.46. The Bertz CT molecular complexity index is 872. The van der Waals surface area contributed by atoms with Gasteiger partial charge in [-0.2, -0.15) is 4.40 Å². The smallest absolute Gasteiger partial charge is 0.192 e. The molecule has 0 spiro atoms. The fourth-order valence-corrected chi connectivity index (χ4v) is 2.99. The summed E-state index contributed by atoms with van der Waals surface area (Å²) in [5, 5.41) is 0.702. The molecule has 0 aliphatic carbocycles. The Morgan fingerprint density at radius 2 is 1.69 bits per heavy atom. The molecule has 0 atom stereocenters. The molecule has 8 heteroatoms. The van der Waals surface area contributed by atoms with Gasteiger partial charge in [0.25, 0.3) is 0 Å². The molecule has 3 rings (SSSR count). The zero-order valence-electron chi connectivity index (χ0n) is 13.4. The summed E-state index contributed by atoms with van der Waals surface area (Å²) in [6, 6.07) is 17.3. The van der Waals surface area contributed by atoms with Crippen molar-refractivity contribution in [1.29, 1.82) is 0 Å². The number of ether oxygens (including phenoxy) is 1. The van der Waals surface area contributed by atoms with Crippen molar-refractivity contribution in [3.8, 4) is 5.75 Å². The third kappa shape index (κ3) is 6.29. The number of hydrogen-bond donors (Lipinski definition) is 0. The zero-order chi connectivity index (χ0) is 18.0. The second-order valence-corrected chi connectivity index (χ2v) is 7.35. The number of rotatable bonds is 7. The summed E-state index contributed by atoms with van der Waals surface area (Å²) >= 11 is 6.02. The molecule has 0 amide bonds. The van der Waals surface area contributed by atoms with Gasteiger partial charge in [-0.1, -0.05) is 18.2 Å². The van der Waals surface area contributed by atoms with Gasteiger partial charge in [0.05, 0.1) is 15.7 Å². The Morgan fingerprint density at radius 1 is 0.962 bits per heavy atom. The van der Waals surface area contributed by atoms with E-state index in [1.165, 1.54) is 30.1 Å². The van der Waals surface area contributed by atoms with E-state index < -0.39 is 0 Å². The molecule has 1 heterocycles. The minimum absolute atomic E-state index is 0.702. The predicted molar refractivity (Wildman–Crippen MR) is 112 cm³/mol. The van der Waals surface area contributed by atoms with E-state index in [4.69, 9.17) is 4.74 Å². The minimum atomic E-state index is 0.702. The molecule has 0 aliphatic heterocycles. The third-order valence-electron chi connectivity index (χ3n) is 2.93. The summed E-state index contributed by atoms with van der Waals surface area (Å²) in [6.45, 7) is 0. The average molecular weight is 445 g/mol. The molecule has 0 aliphatic rings. The first-order chi connectivity index (χ1) is 12.8.